The minimum atomic E-state index is 0.128. The van der Waals surface area contributed by atoms with Crippen molar-refractivity contribution < 1.29 is 9.53 Å². The lowest BCUT2D eigenvalue weighted by molar-refractivity contribution is -0.133. The molecule has 0 atom stereocenters. The van der Waals surface area contributed by atoms with Crippen molar-refractivity contribution >= 4 is 16.9 Å². The molecule has 6 nitrogen and oxygen atoms in total. The number of benzene rings is 1. The van der Waals surface area contributed by atoms with E-state index in [1.54, 1.807) is 12.5 Å². The van der Waals surface area contributed by atoms with Crippen molar-refractivity contribution in [2.75, 3.05) is 13.1 Å². The Labute approximate surface area is 152 Å². The Balaban J connectivity index is 1.32. The molecule has 0 aliphatic carbocycles. The largest absolute Gasteiger partial charge is 0.489 e. The topological polar surface area (TPSA) is 60.2 Å². The van der Waals surface area contributed by atoms with Gasteiger partial charge in [0, 0.05) is 31.6 Å². The quantitative estimate of drug-likeness (QED) is 0.726. The van der Waals surface area contributed by atoms with Crippen molar-refractivity contribution in [3.8, 4) is 5.75 Å². The molecule has 1 saturated heterocycles. The Morgan fingerprint density at radius 2 is 1.96 bits per heavy atom. The fraction of sp³-hybridized carbons (Fsp3) is 0.350. The summed E-state index contributed by atoms with van der Waals surface area (Å²) in [7, 11) is 0. The number of pyridine rings is 1. The normalized spacial score (nSPS) is 15.3. The van der Waals surface area contributed by atoms with Gasteiger partial charge in [0.15, 0.2) is 0 Å². The van der Waals surface area contributed by atoms with Gasteiger partial charge in [-0.15, -0.1) is 0 Å². The Bertz CT molecular complexity index is 896. The Morgan fingerprint density at radius 3 is 2.73 bits per heavy atom. The Morgan fingerprint density at radius 1 is 1.15 bits per heavy atom. The third kappa shape index (κ3) is 3.54. The van der Waals surface area contributed by atoms with Gasteiger partial charge in [0.25, 0.3) is 0 Å². The van der Waals surface area contributed by atoms with Crippen LogP contribution < -0.4 is 4.74 Å². The molecule has 6 heteroatoms. The molecule has 26 heavy (non-hydrogen) atoms. The molecule has 0 radical (unpaired) electrons. The molecule has 3 heterocycles. The number of fused-ring (bicyclic) bond motifs is 1. The molecule has 1 aliphatic rings. The number of carbonyl (C=O) groups excluding carboxylic acids is 1. The molecule has 4 rings (SSSR count). The van der Waals surface area contributed by atoms with Gasteiger partial charge in [-0.2, -0.15) is 0 Å². The fourth-order valence-corrected chi connectivity index (χ4v) is 3.32. The number of imidazole rings is 1. The summed E-state index contributed by atoms with van der Waals surface area (Å²) < 4.78 is 7.90. The number of ether oxygens (including phenoxy) is 1. The van der Waals surface area contributed by atoms with Crippen molar-refractivity contribution in [3.05, 3.63) is 54.6 Å². The first kappa shape index (κ1) is 16.6. The predicted octanol–water partition coefficient (Wildman–Crippen LogP) is 2.81. The van der Waals surface area contributed by atoms with Crippen LogP contribution in [0.5, 0.6) is 5.75 Å². The number of aryl methyl sites for hydroxylation is 1. The van der Waals surface area contributed by atoms with Gasteiger partial charge in [-0.25, -0.2) is 4.98 Å². The maximum Gasteiger partial charge on any atom is 0.242 e. The van der Waals surface area contributed by atoms with Gasteiger partial charge in [-0.3, -0.25) is 9.78 Å². The van der Waals surface area contributed by atoms with Gasteiger partial charge < -0.3 is 14.2 Å². The number of hydrogen-bond donors (Lipinski definition) is 0. The zero-order valence-electron chi connectivity index (χ0n) is 14.8. The summed E-state index contributed by atoms with van der Waals surface area (Å²) in [6, 6.07) is 11.8. The van der Waals surface area contributed by atoms with E-state index in [1.165, 1.54) is 0 Å². The summed E-state index contributed by atoms with van der Waals surface area (Å²) in [5, 5.41) is 0. The van der Waals surface area contributed by atoms with Crippen LogP contribution in [0.3, 0.4) is 0 Å². The van der Waals surface area contributed by atoms with Crippen LogP contribution in [0, 0.1) is 6.92 Å². The van der Waals surface area contributed by atoms with E-state index in [4.69, 9.17) is 4.74 Å². The molecule has 0 spiro atoms. The maximum absolute atomic E-state index is 12.6. The van der Waals surface area contributed by atoms with Gasteiger partial charge >= 0.3 is 0 Å². The number of nitrogens with zero attached hydrogens (tertiary/aromatic N) is 4. The standard InChI is InChI=1S/C20H22N4O2/c1-15-6-7-17(12-21-15)26-16-8-10-23(11-9-16)20(25)13-24-14-22-18-4-2-3-5-19(18)24/h2-7,12,14,16H,8-11,13H2,1H3. The number of carbonyl (C=O) groups is 1. The van der Waals surface area contributed by atoms with Crippen molar-refractivity contribution in [2.24, 2.45) is 0 Å². The van der Waals surface area contributed by atoms with Crippen molar-refractivity contribution in [1.29, 1.82) is 0 Å². The van der Waals surface area contributed by atoms with Gasteiger partial charge in [0.1, 0.15) is 18.4 Å². The first-order chi connectivity index (χ1) is 12.7. The molecule has 0 N–H and O–H groups in total. The molecule has 3 aromatic rings. The van der Waals surface area contributed by atoms with E-state index in [9.17, 15) is 4.79 Å². The van der Waals surface area contributed by atoms with Crippen molar-refractivity contribution in [1.82, 2.24) is 19.4 Å². The lowest BCUT2D eigenvalue weighted by Crippen LogP contribution is -2.43. The highest BCUT2D eigenvalue weighted by Crippen LogP contribution is 2.19. The van der Waals surface area contributed by atoms with Crippen LogP contribution in [0.15, 0.2) is 48.9 Å². The van der Waals surface area contributed by atoms with Gasteiger partial charge in [-0.1, -0.05) is 12.1 Å². The van der Waals surface area contributed by atoms with Crippen LogP contribution in [-0.4, -0.2) is 44.5 Å². The van der Waals surface area contributed by atoms with Crippen LogP contribution in [0.2, 0.25) is 0 Å². The fourth-order valence-electron chi connectivity index (χ4n) is 3.32. The zero-order chi connectivity index (χ0) is 17.9. The minimum absolute atomic E-state index is 0.128. The number of hydrogen-bond acceptors (Lipinski definition) is 4. The molecule has 0 bridgehead atoms. The van der Waals surface area contributed by atoms with E-state index in [1.807, 2.05) is 52.8 Å². The van der Waals surface area contributed by atoms with Crippen LogP contribution in [0.25, 0.3) is 11.0 Å². The molecule has 134 valence electrons. The second kappa shape index (κ2) is 7.15. The highest BCUT2D eigenvalue weighted by Gasteiger charge is 2.24. The summed E-state index contributed by atoms with van der Waals surface area (Å²) in [5.74, 6) is 0.925. The molecule has 1 fully saturated rings. The highest BCUT2D eigenvalue weighted by atomic mass is 16.5. The third-order valence-corrected chi connectivity index (χ3v) is 4.81. The molecule has 1 aromatic carbocycles. The molecule has 2 aromatic heterocycles. The average Bonchev–Trinajstić information content (AvgIpc) is 3.07. The number of rotatable bonds is 4. The smallest absolute Gasteiger partial charge is 0.242 e. The summed E-state index contributed by atoms with van der Waals surface area (Å²) in [6.07, 6.45) is 5.31. The maximum atomic E-state index is 12.6. The molecular formula is C20H22N4O2. The van der Waals surface area contributed by atoms with Crippen LogP contribution in [-0.2, 0) is 11.3 Å². The van der Waals surface area contributed by atoms with Gasteiger partial charge in [-0.05, 0) is 31.2 Å². The van der Waals surface area contributed by atoms with Gasteiger partial charge in [0.05, 0.1) is 23.6 Å². The van der Waals surface area contributed by atoms with E-state index >= 15 is 0 Å². The second-order valence-corrected chi connectivity index (χ2v) is 6.69. The summed E-state index contributed by atoms with van der Waals surface area (Å²) >= 11 is 0. The predicted molar refractivity (Wildman–Crippen MR) is 98.9 cm³/mol. The van der Waals surface area contributed by atoms with Gasteiger partial charge in [0.2, 0.25) is 5.91 Å². The first-order valence-electron chi connectivity index (χ1n) is 8.96. The van der Waals surface area contributed by atoms with E-state index < -0.39 is 0 Å². The number of aromatic nitrogens is 3. The SMILES string of the molecule is Cc1ccc(OC2CCN(C(=O)Cn3cnc4ccccc43)CC2)cn1. The minimum Gasteiger partial charge on any atom is -0.489 e. The Kier molecular flexibility index (Phi) is 4.56. The average molecular weight is 350 g/mol. The summed E-state index contributed by atoms with van der Waals surface area (Å²) in [6.45, 7) is 3.72. The zero-order valence-corrected chi connectivity index (χ0v) is 14.8. The second-order valence-electron chi connectivity index (χ2n) is 6.69. The van der Waals surface area contributed by atoms with Crippen molar-refractivity contribution in [3.63, 3.8) is 0 Å². The van der Waals surface area contributed by atoms with E-state index in [0.717, 1.165) is 48.4 Å². The lowest BCUT2D eigenvalue weighted by Gasteiger charge is -2.32. The third-order valence-electron chi connectivity index (χ3n) is 4.81. The van der Waals surface area contributed by atoms with Crippen LogP contribution in [0.4, 0.5) is 0 Å². The monoisotopic (exact) mass is 350 g/mol. The molecule has 1 aliphatic heterocycles. The molecule has 0 saturated carbocycles. The Hall–Kier alpha value is -2.89. The van der Waals surface area contributed by atoms with Crippen LogP contribution in [0.1, 0.15) is 18.5 Å². The number of amides is 1. The number of piperidine rings is 1. The van der Waals surface area contributed by atoms with Crippen molar-refractivity contribution in [2.45, 2.75) is 32.4 Å². The number of para-hydroxylation sites is 2. The molecule has 1 amide bonds. The summed E-state index contributed by atoms with van der Waals surface area (Å²) in [5.41, 5.74) is 2.88. The molecular weight excluding hydrogens is 328 g/mol. The van der Waals surface area contributed by atoms with E-state index in [0.29, 0.717) is 6.54 Å². The molecule has 0 unspecified atom stereocenters. The summed E-state index contributed by atoms with van der Waals surface area (Å²) in [4.78, 5) is 23.2. The van der Waals surface area contributed by atoms with E-state index in [2.05, 4.69) is 9.97 Å². The number of likely N-dealkylation sites (tertiary alicyclic amines) is 1. The van der Waals surface area contributed by atoms with Crippen LogP contribution >= 0.6 is 0 Å². The van der Waals surface area contributed by atoms with E-state index in [-0.39, 0.29) is 12.0 Å². The first-order valence-corrected chi connectivity index (χ1v) is 8.96. The highest BCUT2D eigenvalue weighted by molar-refractivity contribution is 5.80. The lowest BCUT2D eigenvalue weighted by atomic mass is 10.1.